The number of aliphatic hydroxyl groups is 1. The van der Waals surface area contributed by atoms with Gasteiger partial charge in [0.15, 0.2) is 5.69 Å². The van der Waals surface area contributed by atoms with Crippen LogP contribution < -0.4 is 21.3 Å². The molecule has 0 aliphatic carbocycles. The first-order chi connectivity index (χ1) is 21.8. The summed E-state index contributed by atoms with van der Waals surface area (Å²) in [5.74, 6) is -1.52. The van der Waals surface area contributed by atoms with Crippen molar-refractivity contribution in [2.24, 2.45) is 5.92 Å². The number of hydrogen-bond acceptors (Lipinski definition) is 7. The van der Waals surface area contributed by atoms with Gasteiger partial charge in [-0.25, -0.2) is 14.2 Å². The molecule has 3 aromatic rings. The van der Waals surface area contributed by atoms with Crippen molar-refractivity contribution in [1.29, 1.82) is 0 Å². The molecule has 46 heavy (non-hydrogen) atoms. The summed E-state index contributed by atoms with van der Waals surface area (Å²) in [7, 11) is 0. The Morgan fingerprint density at radius 2 is 1.72 bits per heavy atom. The lowest BCUT2D eigenvalue weighted by Crippen LogP contribution is -2.54. The van der Waals surface area contributed by atoms with Gasteiger partial charge in [-0.15, -0.1) is 0 Å². The number of aromatic nitrogens is 2. The van der Waals surface area contributed by atoms with Gasteiger partial charge in [-0.3, -0.25) is 14.2 Å². The van der Waals surface area contributed by atoms with E-state index in [-0.39, 0.29) is 75.2 Å². The van der Waals surface area contributed by atoms with Crippen LogP contribution in [0.2, 0.25) is 0 Å². The number of nitrogens with zero attached hydrogens (tertiary/aromatic N) is 4. The van der Waals surface area contributed by atoms with Gasteiger partial charge in [-0.1, -0.05) is 30.3 Å². The molecule has 2 aromatic carbocycles. The first-order valence-corrected chi connectivity index (χ1v) is 14.8. The van der Waals surface area contributed by atoms with E-state index in [1.54, 1.807) is 17.0 Å². The lowest BCUT2D eigenvalue weighted by molar-refractivity contribution is -0.142. The fourth-order valence-electron chi connectivity index (χ4n) is 5.91. The summed E-state index contributed by atoms with van der Waals surface area (Å²) in [6, 6.07) is 13.3. The summed E-state index contributed by atoms with van der Waals surface area (Å²) in [4.78, 5) is 46.3. The van der Waals surface area contributed by atoms with Gasteiger partial charge in [0.2, 0.25) is 11.8 Å². The normalized spacial score (nSPS) is 19.8. The highest BCUT2D eigenvalue weighted by Crippen LogP contribution is 2.36. The van der Waals surface area contributed by atoms with Crippen LogP contribution in [0, 0.1) is 11.7 Å². The van der Waals surface area contributed by atoms with E-state index in [0.29, 0.717) is 0 Å². The number of piperidine rings is 2. The minimum absolute atomic E-state index is 0.0695. The molecule has 11 nitrogen and oxygen atoms in total. The summed E-state index contributed by atoms with van der Waals surface area (Å²) in [6.07, 6.45) is -2.76. The molecule has 2 aliphatic rings. The number of likely N-dealkylation sites (tertiary alicyclic amines) is 2. The number of hydrogen-bond donors (Lipinski definition) is 3. The highest BCUT2D eigenvalue weighted by Gasteiger charge is 2.42. The van der Waals surface area contributed by atoms with Crippen LogP contribution in [0.3, 0.4) is 0 Å². The van der Waals surface area contributed by atoms with E-state index < -0.39 is 47.6 Å². The standard InChI is InChI=1S/C31H34F4N6O5/c32-21-6-8-22(9-7-21)46-26-25(36)28(43)41(19-38-26)18-30(45)11-14-39(15-12-30)27(42)23-10-13-40(29(44)37-17-31(33,34)35)16-24(23)20-4-2-1-3-5-20/h1-9,19,23-24,45H,10-18,36H2,(H,37,44)/t23-,24+/m1/s1. The number of amides is 3. The number of anilines is 1. The predicted octanol–water partition coefficient (Wildman–Crippen LogP) is 3.49. The lowest BCUT2D eigenvalue weighted by atomic mass is 9.79. The predicted molar refractivity (Wildman–Crippen MR) is 158 cm³/mol. The van der Waals surface area contributed by atoms with Crippen molar-refractivity contribution in [3.05, 3.63) is 82.7 Å². The Bertz CT molecular complexity index is 1590. The highest BCUT2D eigenvalue weighted by atomic mass is 19.4. The molecule has 2 saturated heterocycles. The maximum Gasteiger partial charge on any atom is 0.405 e. The number of alkyl halides is 3. The van der Waals surface area contributed by atoms with Crippen molar-refractivity contribution < 1.29 is 37.0 Å². The molecule has 15 heteroatoms. The van der Waals surface area contributed by atoms with Crippen molar-refractivity contribution in [2.45, 2.75) is 43.5 Å². The summed E-state index contributed by atoms with van der Waals surface area (Å²) in [6.45, 7) is -0.987. The maximum absolute atomic E-state index is 13.8. The molecular weight excluding hydrogens is 612 g/mol. The van der Waals surface area contributed by atoms with E-state index in [0.717, 1.165) is 5.56 Å². The van der Waals surface area contributed by atoms with Gasteiger partial charge in [-0.05, 0) is 49.1 Å². The summed E-state index contributed by atoms with van der Waals surface area (Å²) >= 11 is 0. The van der Waals surface area contributed by atoms with Crippen LogP contribution in [-0.4, -0.2) is 80.9 Å². The zero-order valence-corrected chi connectivity index (χ0v) is 24.8. The summed E-state index contributed by atoms with van der Waals surface area (Å²) in [5, 5.41) is 13.3. The van der Waals surface area contributed by atoms with E-state index in [2.05, 4.69) is 4.98 Å². The van der Waals surface area contributed by atoms with Gasteiger partial charge in [-0.2, -0.15) is 13.2 Å². The zero-order valence-electron chi connectivity index (χ0n) is 24.8. The quantitative estimate of drug-likeness (QED) is 0.334. The third kappa shape index (κ3) is 7.76. The van der Waals surface area contributed by atoms with E-state index in [1.165, 1.54) is 40.1 Å². The molecular formula is C31H34F4N6O5. The molecule has 1 aromatic heterocycles. The first-order valence-electron chi connectivity index (χ1n) is 14.8. The van der Waals surface area contributed by atoms with Gasteiger partial charge in [0.25, 0.3) is 5.56 Å². The smallest absolute Gasteiger partial charge is 0.405 e. The molecule has 0 saturated carbocycles. The average Bonchev–Trinajstić information content (AvgIpc) is 3.04. The van der Waals surface area contributed by atoms with E-state index in [4.69, 9.17) is 10.5 Å². The van der Waals surface area contributed by atoms with Crippen LogP contribution in [0.1, 0.15) is 30.7 Å². The van der Waals surface area contributed by atoms with Crippen LogP contribution >= 0.6 is 0 Å². The van der Waals surface area contributed by atoms with Gasteiger partial charge in [0.05, 0.1) is 12.1 Å². The highest BCUT2D eigenvalue weighted by molar-refractivity contribution is 5.81. The van der Waals surface area contributed by atoms with Crippen LogP contribution in [0.15, 0.2) is 65.7 Å². The Labute approximate surface area is 261 Å². The van der Waals surface area contributed by atoms with Crippen LogP contribution in [-0.2, 0) is 11.3 Å². The molecule has 2 atom stereocenters. The number of carbonyl (C=O) groups excluding carboxylic acids is 2. The Morgan fingerprint density at radius 3 is 2.37 bits per heavy atom. The van der Waals surface area contributed by atoms with Gasteiger partial charge in [0.1, 0.15) is 24.4 Å². The molecule has 5 rings (SSSR count). The number of carbonyl (C=O) groups is 2. The Morgan fingerprint density at radius 1 is 1.04 bits per heavy atom. The topological polar surface area (TPSA) is 143 Å². The molecule has 2 aliphatic heterocycles. The van der Waals surface area contributed by atoms with Gasteiger partial charge in [0, 0.05) is 38.0 Å². The molecule has 4 N–H and O–H groups in total. The van der Waals surface area contributed by atoms with Crippen molar-refractivity contribution in [3.8, 4) is 11.6 Å². The number of nitrogens with one attached hydrogen (secondary N) is 1. The zero-order chi connectivity index (χ0) is 33.1. The monoisotopic (exact) mass is 646 g/mol. The number of rotatable bonds is 7. The number of nitrogen functional groups attached to an aromatic ring is 1. The number of urea groups is 1. The molecule has 0 unspecified atom stereocenters. The molecule has 0 bridgehead atoms. The summed E-state index contributed by atoms with van der Waals surface area (Å²) in [5.41, 5.74) is 4.51. The largest absolute Gasteiger partial charge is 0.437 e. The first kappa shape index (κ1) is 32.7. The Balaban J connectivity index is 1.22. The second-order valence-corrected chi connectivity index (χ2v) is 11.6. The van der Waals surface area contributed by atoms with Crippen molar-refractivity contribution in [3.63, 3.8) is 0 Å². The lowest BCUT2D eigenvalue weighted by Gasteiger charge is -2.43. The van der Waals surface area contributed by atoms with E-state index in [9.17, 15) is 37.1 Å². The molecule has 246 valence electrons. The van der Waals surface area contributed by atoms with Crippen molar-refractivity contribution >= 4 is 17.6 Å². The van der Waals surface area contributed by atoms with Crippen LogP contribution in [0.25, 0.3) is 0 Å². The second-order valence-electron chi connectivity index (χ2n) is 11.6. The van der Waals surface area contributed by atoms with Crippen LogP contribution in [0.5, 0.6) is 11.6 Å². The molecule has 0 spiro atoms. The minimum atomic E-state index is -4.54. The molecule has 2 fully saturated rings. The number of benzene rings is 2. The number of ether oxygens (including phenoxy) is 1. The number of halogens is 4. The van der Waals surface area contributed by atoms with Crippen molar-refractivity contribution in [1.82, 2.24) is 24.7 Å². The number of nitrogens with two attached hydrogens (primary N) is 1. The van der Waals surface area contributed by atoms with E-state index in [1.807, 2.05) is 23.5 Å². The Kier molecular flexibility index (Phi) is 9.51. The fraction of sp³-hybridized carbons (Fsp3) is 0.419. The Hall–Kier alpha value is -4.66. The summed E-state index contributed by atoms with van der Waals surface area (Å²) < 4.78 is 57.9. The SMILES string of the molecule is Nc1c(Oc2ccc(F)cc2)ncn(CC2(O)CCN(C(=O)[C@@H]3CCN(C(=O)NCC(F)(F)F)C[C@H]3c3ccccc3)CC2)c1=O. The molecule has 0 radical (unpaired) electrons. The van der Waals surface area contributed by atoms with Gasteiger partial charge < -0.3 is 30.7 Å². The van der Waals surface area contributed by atoms with Crippen LogP contribution in [0.4, 0.5) is 28.0 Å². The van der Waals surface area contributed by atoms with Gasteiger partial charge >= 0.3 is 12.2 Å². The molecule has 3 amide bonds. The fourth-order valence-corrected chi connectivity index (χ4v) is 5.91. The third-order valence-electron chi connectivity index (χ3n) is 8.42. The minimum Gasteiger partial charge on any atom is -0.437 e. The second kappa shape index (κ2) is 13.4. The maximum atomic E-state index is 13.8. The average molecular weight is 647 g/mol. The van der Waals surface area contributed by atoms with Crippen molar-refractivity contribution in [2.75, 3.05) is 38.5 Å². The molecule has 3 heterocycles. The third-order valence-corrected chi connectivity index (χ3v) is 8.42. The van der Waals surface area contributed by atoms with E-state index >= 15 is 0 Å².